The molecule has 0 saturated heterocycles. The molecule has 0 bridgehead atoms. The van der Waals surface area contributed by atoms with Crippen molar-refractivity contribution < 1.29 is 23.9 Å². The molecule has 22 heavy (non-hydrogen) atoms. The smallest absolute Gasteiger partial charge is 0.350 e. The van der Waals surface area contributed by atoms with E-state index >= 15 is 0 Å². The van der Waals surface area contributed by atoms with E-state index < -0.39 is 12.1 Å². The fourth-order valence-corrected chi connectivity index (χ4v) is 2.00. The Morgan fingerprint density at radius 3 is 2.91 bits per heavy atom. The number of carbonyl (C=O) groups excluding carboxylic acids is 2. The van der Waals surface area contributed by atoms with Gasteiger partial charge >= 0.3 is 5.97 Å². The summed E-state index contributed by atoms with van der Waals surface area (Å²) in [4.78, 5) is 28.6. The zero-order valence-electron chi connectivity index (χ0n) is 12.5. The Balaban J connectivity index is 1.86. The van der Waals surface area contributed by atoms with Gasteiger partial charge in [0.05, 0.1) is 31.5 Å². The lowest BCUT2D eigenvalue weighted by molar-refractivity contribution is -0.154. The number of methoxy groups -OCH3 is 1. The van der Waals surface area contributed by atoms with Crippen LogP contribution >= 0.6 is 0 Å². The molecule has 0 fully saturated rings. The van der Waals surface area contributed by atoms with Crippen LogP contribution in [-0.4, -0.2) is 44.0 Å². The molecule has 1 aliphatic rings. The SMILES string of the molecule is CCOC(=O)C1CC(CNC(=O)c2ccccc2OC)=NO1. The third-order valence-corrected chi connectivity index (χ3v) is 3.08. The van der Waals surface area contributed by atoms with Crippen molar-refractivity contribution in [2.24, 2.45) is 5.16 Å². The van der Waals surface area contributed by atoms with E-state index in [1.165, 1.54) is 7.11 Å². The molecule has 0 saturated carbocycles. The molecule has 118 valence electrons. The van der Waals surface area contributed by atoms with Crippen LogP contribution in [-0.2, 0) is 14.4 Å². The summed E-state index contributed by atoms with van der Waals surface area (Å²) in [6.07, 6.45) is -0.413. The standard InChI is InChI=1S/C15H18N2O5/c1-3-21-15(19)13-8-10(17-22-13)9-16-14(18)11-6-4-5-7-12(11)20-2/h4-7,13H,3,8-9H2,1-2H3,(H,16,18). The number of nitrogens with one attached hydrogen (secondary N) is 1. The van der Waals surface area contributed by atoms with Gasteiger partial charge in [-0.25, -0.2) is 4.79 Å². The van der Waals surface area contributed by atoms with E-state index in [0.29, 0.717) is 30.1 Å². The van der Waals surface area contributed by atoms with Gasteiger partial charge in [0.15, 0.2) is 0 Å². The number of nitrogens with zero attached hydrogens (tertiary/aromatic N) is 1. The highest BCUT2D eigenvalue weighted by molar-refractivity contribution is 6.00. The highest BCUT2D eigenvalue weighted by atomic mass is 16.7. The summed E-state index contributed by atoms with van der Waals surface area (Å²) < 4.78 is 9.99. The minimum Gasteiger partial charge on any atom is -0.496 e. The van der Waals surface area contributed by atoms with Gasteiger partial charge in [0, 0.05) is 6.42 Å². The molecule has 1 atom stereocenters. The zero-order valence-corrected chi connectivity index (χ0v) is 12.5. The van der Waals surface area contributed by atoms with Crippen LogP contribution < -0.4 is 10.1 Å². The first-order chi connectivity index (χ1) is 10.7. The quantitative estimate of drug-likeness (QED) is 0.796. The Labute approximate surface area is 128 Å². The van der Waals surface area contributed by atoms with Gasteiger partial charge in [0.1, 0.15) is 5.75 Å². The molecule has 1 unspecified atom stereocenters. The number of amides is 1. The van der Waals surface area contributed by atoms with E-state index in [2.05, 4.69) is 10.5 Å². The van der Waals surface area contributed by atoms with Gasteiger partial charge < -0.3 is 19.6 Å². The molecular formula is C15H18N2O5. The largest absolute Gasteiger partial charge is 0.496 e. The first-order valence-corrected chi connectivity index (χ1v) is 6.95. The summed E-state index contributed by atoms with van der Waals surface area (Å²) >= 11 is 0. The summed E-state index contributed by atoms with van der Waals surface area (Å²) in [5.41, 5.74) is 1.02. The minimum absolute atomic E-state index is 0.201. The number of oxime groups is 1. The van der Waals surface area contributed by atoms with Gasteiger partial charge in [-0.05, 0) is 19.1 Å². The van der Waals surface area contributed by atoms with Gasteiger partial charge in [-0.3, -0.25) is 4.79 Å². The van der Waals surface area contributed by atoms with Gasteiger partial charge in [-0.2, -0.15) is 0 Å². The number of rotatable bonds is 6. The molecule has 0 aromatic heterocycles. The van der Waals surface area contributed by atoms with Crippen molar-refractivity contribution in [1.82, 2.24) is 5.32 Å². The molecule has 7 nitrogen and oxygen atoms in total. The van der Waals surface area contributed by atoms with Gasteiger partial charge in [0.2, 0.25) is 6.10 Å². The van der Waals surface area contributed by atoms with Gasteiger partial charge in [-0.1, -0.05) is 17.3 Å². The Bertz CT molecular complexity index is 585. The maximum atomic E-state index is 12.1. The van der Waals surface area contributed by atoms with E-state index in [0.717, 1.165) is 0 Å². The fraction of sp³-hybridized carbons (Fsp3) is 0.400. The third-order valence-electron chi connectivity index (χ3n) is 3.08. The van der Waals surface area contributed by atoms with Crippen molar-refractivity contribution in [3.63, 3.8) is 0 Å². The molecule has 1 aromatic carbocycles. The molecule has 0 radical (unpaired) electrons. The average Bonchev–Trinajstić information content (AvgIpc) is 3.02. The lowest BCUT2D eigenvalue weighted by Gasteiger charge is -2.08. The lowest BCUT2D eigenvalue weighted by atomic mass is 10.1. The molecule has 2 rings (SSSR count). The van der Waals surface area contributed by atoms with Crippen molar-refractivity contribution >= 4 is 17.6 Å². The van der Waals surface area contributed by atoms with Crippen LogP contribution in [0.4, 0.5) is 0 Å². The Morgan fingerprint density at radius 2 is 2.18 bits per heavy atom. The summed E-state index contributed by atoms with van der Waals surface area (Å²) in [5, 5.41) is 6.52. The van der Waals surface area contributed by atoms with Crippen molar-refractivity contribution in [3.8, 4) is 5.75 Å². The van der Waals surface area contributed by atoms with Crippen LogP contribution in [0.3, 0.4) is 0 Å². The second kappa shape index (κ2) is 7.44. The first kappa shape index (κ1) is 15.8. The third kappa shape index (κ3) is 3.75. The molecule has 1 N–H and O–H groups in total. The topological polar surface area (TPSA) is 86.2 Å². The molecule has 0 aliphatic carbocycles. The Morgan fingerprint density at radius 1 is 1.41 bits per heavy atom. The predicted octanol–water partition coefficient (Wildman–Crippen LogP) is 1.13. The number of para-hydroxylation sites is 1. The van der Waals surface area contributed by atoms with E-state index in [4.69, 9.17) is 14.3 Å². The lowest BCUT2D eigenvalue weighted by Crippen LogP contribution is -2.31. The maximum absolute atomic E-state index is 12.1. The van der Waals surface area contributed by atoms with Crippen molar-refractivity contribution in [2.45, 2.75) is 19.4 Å². The number of ether oxygens (including phenoxy) is 2. The van der Waals surface area contributed by atoms with Crippen LogP contribution in [0.2, 0.25) is 0 Å². The summed E-state index contributed by atoms with van der Waals surface area (Å²) in [7, 11) is 1.50. The number of benzene rings is 1. The van der Waals surface area contributed by atoms with Crippen molar-refractivity contribution in [2.75, 3.05) is 20.3 Å². The fourth-order valence-electron chi connectivity index (χ4n) is 2.00. The van der Waals surface area contributed by atoms with E-state index in [9.17, 15) is 9.59 Å². The Hall–Kier alpha value is -2.57. The van der Waals surface area contributed by atoms with Crippen LogP contribution in [0, 0.1) is 0 Å². The molecule has 1 aromatic rings. The van der Waals surface area contributed by atoms with Crippen LogP contribution in [0.1, 0.15) is 23.7 Å². The summed E-state index contributed by atoms with van der Waals surface area (Å²) in [6, 6.07) is 6.92. The van der Waals surface area contributed by atoms with Crippen LogP contribution in [0.5, 0.6) is 5.75 Å². The molecule has 0 spiro atoms. The van der Waals surface area contributed by atoms with Crippen molar-refractivity contribution in [1.29, 1.82) is 0 Å². The number of esters is 1. The molecule has 7 heteroatoms. The normalized spacial score (nSPS) is 16.5. The van der Waals surface area contributed by atoms with Gasteiger partial charge in [-0.15, -0.1) is 0 Å². The zero-order chi connectivity index (χ0) is 15.9. The Kier molecular flexibility index (Phi) is 5.35. The predicted molar refractivity (Wildman–Crippen MR) is 78.9 cm³/mol. The van der Waals surface area contributed by atoms with Gasteiger partial charge in [0.25, 0.3) is 5.91 Å². The van der Waals surface area contributed by atoms with Crippen LogP contribution in [0.25, 0.3) is 0 Å². The molecular weight excluding hydrogens is 288 g/mol. The second-order valence-corrected chi connectivity index (χ2v) is 4.59. The van der Waals surface area contributed by atoms with E-state index in [-0.39, 0.29) is 12.5 Å². The highest BCUT2D eigenvalue weighted by Gasteiger charge is 2.29. The van der Waals surface area contributed by atoms with Crippen molar-refractivity contribution in [3.05, 3.63) is 29.8 Å². The molecule has 1 heterocycles. The monoisotopic (exact) mass is 306 g/mol. The van der Waals surface area contributed by atoms with E-state index in [1.807, 2.05) is 0 Å². The average molecular weight is 306 g/mol. The second-order valence-electron chi connectivity index (χ2n) is 4.59. The number of hydrogen-bond acceptors (Lipinski definition) is 6. The molecule has 1 aliphatic heterocycles. The molecule has 1 amide bonds. The highest BCUT2D eigenvalue weighted by Crippen LogP contribution is 2.17. The number of carbonyl (C=O) groups is 2. The maximum Gasteiger partial charge on any atom is 0.350 e. The minimum atomic E-state index is -0.724. The van der Waals surface area contributed by atoms with Crippen LogP contribution in [0.15, 0.2) is 29.4 Å². The first-order valence-electron chi connectivity index (χ1n) is 6.95. The summed E-state index contributed by atoms with van der Waals surface area (Å²) in [6.45, 7) is 2.22. The number of hydrogen-bond donors (Lipinski definition) is 1. The van der Waals surface area contributed by atoms with E-state index in [1.54, 1.807) is 31.2 Å². The summed E-state index contributed by atoms with van der Waals surface area (Å²) in [5.74, 6) is -0.231.